The van der Waals surface area contributed by atoms with Crippen LogP contribution in [-0.2, 0) is 0 Å². The van der Waals surface area contributed by atoms with Gasteiger partial charge in [-0.2, -0.15) is 0 Å². The average molecular weight is 330 g/mol. The maximum Gasteiger partial charge on any atom is 0.267 e. The number of rotatable bonds is 4. The second-order valence-corrected chi connectivity index (χ2v) is 6.49. The SMILES string of the molecule is COc1cc(OC)c2cc(C(=O)NC3CCCCCCC3)[nH]c2c1. The van der Waals surface area contributed by atoms with E-state index in [4.69, 9.17) is 9.47 Å². The van der Waals surface area contributed by atoms with Gasteiger partial charge >= 0.3 is 0 Å². The first-order valence-electron chi connectivity index (χ1n) is 8.77. The molecule has 0 bridgehead atoms. The zero-order valence-electron chi connectivity index (χ0n) is 14.5. The number of benzene rings is 1. The molecule has 5 nitrogen and oxygen atoms in total. The number of ether oxygens (including phenoxy) is 2. The quantitative estimate of drug-likeness (QED) is 0.889. The van der Waals surface area contributed by atoms with Gasteiger partial charge in [0.1, 0.15) is 17.2 Å². The largest absolute Gasteiger partial charge is 0.497 e. The molecule has 1 amide bonds. The fraction of sp³-hybridized carbons (Fsp3) is 0.526. The van der Waals surface area contributed by atoms with Crippen molar-refractivity contribution in [2.45, 2.75) is 51.0 Å². The molecule has 2 N–H and O–H groups in total. The lowest BCUT2D eigenvalue weighted by molar-refractivity contribution is 0.0926. The van der Waals surface area contributed by atoms with Crippen molar-refractivity contribution in [2.24, 2.45) is 0 Å². The Morgan fingerprint density at radius 1 is 1.04 bits per heavy atom. The van der Waals surface area contributed by atoms with E-state index in [9.17, 15) is 4.79 Å². The maximum absolute atomic E-state index is 12.6. The summed E-state index contributed by atoms with van der Waals surface area (Å²) >= 11 is 0. The van der Waals surface area contributed by atoms with Crippen LogP contribution in [0.1, 0.15) is 55.4 Å². The van der Waals surface area contributed by atoms with Crippen LogP contribution in [0.3, 0.4) is 0 Å². The molecule has 1 fully saturated rings. The normalized spacial score (nSPS) is 16.4. The summed E-state index contributed by atoms with van der Waals surface area (Å²) < 4.78 is 10.7. The number of methoxy groups -OCH3 is 2. The van der Waals surface area contributed by atoms with Gasteiger partial charge in [0.25, 0.3) is 5.91 Å². The van der Waals surface area contributed by atoms with Crippen molar-refractivity contribution < 1.29 is 14.3 Å². The molecule has 0 saturated heterocycles. The minimum absolute atomic E-state index is 0.0437. The minimum Gasteiger partial charge on any atom is -0.497 e. The zero-order chi connectivity index (χ0) is 16.9. The molecule has 0 spiro atoms. The van der Waals surface area contributed by atoms with Crippen LogP contribution in [0.2, 0.25) is 0 Å². The van der Waals surface area contributed by atoms with E-state index >= 15 is 0 Å². The van der Waals surface area contributed by atoms with Gasteiger partial charge in [0.05, 0.1) is 19.7 Å². The fourth-order valence-corrected chi connectivity index (χ4v) is 3.45. The number of hydrogen-bond acceptors (Lipinski definition) is 3. The summed E-state index contributed by atoms with van der Waals surface area (Å²) in [7, 11) is 3.24. The van der Waals surface area contributed by atoms with Crippen LogP contribution < -0.4 is 14.8 Å². The van der Waals surface area contributed by atoms with Crippen molar-refractivity contribution in [3.05, 3.63) is 23.9 Å². The third-order valence-corrected chi connectivity index (χ3v) is 4.81. The molecule has 1 aliphatic carbocycles. The van der Waals surface area contributed by atoms with Gasteiger partial charge in [-0.25, -0.2) is 0 Å². The average Bonchev–Trinajstić information content (AvgIpc) is 3.00. The molecule has 1 aromatic carbocycles. The summed E-state index contributed by atoms with van der Waals surface area (Å²) in [5.74, 6) is 1.36. The predicted molar refractivity (Wildman–Crippen MR) is 95.0 cm³/mol. The lowest BCUT2D eigenvalue weighted by atomic mass is 9.96. The number of amides is 1. The van der Waals surface area contributed by atoms with Gasteiger partial charge in [0, 0.05) is 23.6 Å². The Labute approximate surface area is 142 Å². The highest BCUT2D eigenvalue weighted by atomic mass is 16.5. The molecule has 5 heteroatoms. The van der Waals surface area contributed by atoms with Gasteiger partial charge in [-0.05, 0) is 18.9 Å². The topological polar surface area (TPSA) is 63.4 Å². The molecule has 0 unspecified atom stereocenters. The van der Waals surface area contributed by atoms with Gasteiger partial charge in [-0.1, -0.05) is 32.1 Å². The molecule has 3 rings (SSSR count). The number of H-pyrrole nitrogens is 1. The van der Waals surface area contributed by atoms with E-state index in [0.717, 1.165) is 23.7 Å². The smallest absolute Gasteiger partial charge is 0.267 e. The highest BCUT2D eigenvalue weighted by Crippen LogP contribution is 2.31. The molecule has 24 heavy (non-hydrogen) atoms. The summed E-state index contributed by atoms with van der Waals surface area (Å²) in [4.78, 5) is 15.8. The van der Waals surface area contributed by atoms with Gasteiger partial charge in [0.2, 0.25) is 0 Å². The molecular weight excluding hydrogens is 304 g/mol. The van der Waals surface area contributed by atoms with Crippen molar-refractivity contribution in [1.29, 1.82) is 0 Å². The summed E-state index contributed by atoms with van der Waals surface area (Å²) in [6.45, 7) is 0. The Kier molecular flexibility index (Phi) is 5.28. The summed E-state index contributed by atoms with van der Waals surface area (Å²) in [6.07, 6.45) is 8.41. The maximum atomic E-state index is 12.6. The van der Waals surface area contributed by atoms with Crippen molar-refractivity contribution in [3.8, 4) is 11.5 Å². The van der Waals surface area contributed by atoms with Gasteiger partial charge in [0.15, 0.2) is 0 Å². The van der Waals surface area contributed by atoms with Gasteiger partial charge in [-0.3, -0.25) is 4.79 Å². The second kappa shape index (κ2) is 7.60. The van der Waals surface area contributed by atoms with Crippen LogP contribution in [0.15, 0.2) is 18.2 Å². The van der Waals surface area contributed by atoms with E-state index < -0.39 is 0 Å². The third-order valence-electron chi connectivity index (χ3n) is 4.81. The summed E-state index contributed by atoms with van der Waals surface area (Å²) in [5, 5.41) is 4.08. The zero-order valence-corrected chi connectivity index (χ0v) is 14.5. The Hall–Kier alpha value is -2.17. The lowest BCUT2D eigenvalue weighted by Gasteiger charge is -2.20. The Morgan fingerprint density at radius 2 is 1.75 bits per heavy atom. The van der Waals surface area contributed by atoms with Gasteiger partial charge in [-0.15, -0.1) is 0 Å². The Bertz CT molecular complexity index is 700. The predicted octanol–water partition coefficient (Wildman–Crippen LogP) is 4.03. The summed E-state index contributed by atoms with van der Waals surface area (Å²) in [5.41, 5.74) is 1.41. The molecule has 0 radical (unpaired) electrons. The van der Waals surface area contributed by atoms with E-state index in [1.165, 1.54) is 32.1 Å². The Morgan fingerprint density at radius 3 is 2.42 bits per heavy atom. The molecule has 130 valence electrons. The van der Waals surface area contributed by atoms with Crippen molar-refractivity contribution >= 4 is 16.8 Å². The molecule has 1 aromatic heterocycles. The monoisotopic (exact) mass is 330 g/mol. The summed E-state index contributed by atoms with van der Waals surface area (Å²) in [6, 6.07) is 5.84. The van der Waals surface area contributed by atoms with E-state index in [1.807, 2.05) is 18.2 Å². The lowest BCUT2D eigenvalue weighted by Crippen LogP contribution is -2.35. The third kappa shape index (κ3) is 3.66. The molecule has 0 atom stereocenters. The molecule has 1 heterocycles. The van der Waals surface area contributed by atoms with Crippen LogP contribution in [0.5, 0.6) is 11.5 Å². The number of fused-ring (bicyclic) bond motifs is 1. The van der Waals surface area contributed by atoms with E-state index in [-0.39, 0.29) is 11.9 Å². The first kappa shape index (κ1) is 16.7. The second-order valence-electron chi connectivity index (χ2n) is 6.49. The number of aromatic nitrogens is 1. The van der Waals surface area contributed by atoms with Crippen LogP contribution in [0.25, 0.3) is 10.9 Å². The minimum atomic E-state index is -0.0437. The number of hydrogen-bond donors (Lipinski definition) is 2. The standard InChI is InChI=1S/C19H26N2O3/c1-23-14-10-16-15(18(11-14)24-2)12-17(21-16)19(22)20-13-8-6-4-3-5-7-9-13/h10-13,21H,3-9H2,1-2H3,(H,20,22). The Balaban J connectivity index is 1.79. The van der Waals surface area contributed by atoms with E-state index in [2.05, 4.69) is 10.3 Å². The van der Waals surface area contributed by atoms with Crippen molar-refractivity contribution in [2.75, 3.05) is 14.2 Å². The van der Waals surface area contributed by atoms with Crippen LogP contribution in [0, 0.1) is 0 Å². The van der Waals surface area contributed by atoms with E-state index in [0.29, 0.717) is 17.2 Å². The molecule has 2 aromatic rings. The molecule has 0 aliphatic heterocycles. The number of aromatic amines is 1. The van der Waals surface area contributed by atoms with Crippen LogP contribution in [-0.4, -0.2) is 31.2 Å². The molecule has 1 aliphatic rings. The van der Waals surface area contributed by atoms with Crippen LogP contribution in [0.4, 0.5) is 0 Å². The van der Waals surface area contributed by atoms with Crippen molar-refractivity contribution in [3.63, 3.8) is 0 Å². The van der Waals surface area contributed by atoms with Gasteiger partial charge < -0.3 is 19.8 Å². The fourth-order valence-electron chi connectivity index (χ4n) is 3.45. The number of carbonyl (C=O) groups is 1. The highest BCUT2D eigenvalue weighted by Gasteiger charge is 2.18. The van der Waals surface area contributed by atoms with Crippen molar-refractivity contribution in [1.82, 2.24) is 10.3 Å². The number of nitrogens with one attached hydrogen (secondary N) is 2. The first-order valence-corrected chi connectivity index (χ1v) is 8.77. The molecule has 1 saturated carbocycles. The highest BCUT2D eigenvalue weighted by molar-refractivity contribution is 6.00. The number of carbonyl (C=O) groups excluding carboxylic acids is 1. The van der Waals surface area contributed by atoms with E-state index in [1.54, 1.807) is 14.2 Å². The first-order chi connectivity index (χ1) is 11.7. The molecular formula is C19H26N2O3. The van der Waals surface area contributed by atoms with Crippen LogP contribution >= 0.6 is 0 Å².